The minimum atomic E-state index is -0.311. The maximum Gasteiger partial charge on any atom is 0.338 e. The molecule has 144 valence electrons. The van der Waals surface area contributed by atoms with Gasteiger partial charge in [-0.2, -0.15) is 0 Å². The largest absolute Gasteiger partial charge is 0.496 e. The third-order valence-electron chi connectivity index (χ3n) is 4.85. The standard InChI is InChI=1S/C21H26N2O3S/c1-7-26-20(24)18-14(5)22-21-23(8-9-27-21)19(18)16-11-15(12(2)3)17(25-6)10-13(16)4/h8-12,19H,7H2,1-6H3. The third kappa shape index (κ3) is 3.50. The molecule has 1 unspecified atom stereocenters. The lowest BCUT2D eigenvalue weighted by molar-refractivity contribution is -0.139. The highest BCUT2D eigenvalue weighted by Crippen LogP contribution is 2.43. The van der Waals surface area contributed by atoms with Crippen molar-refractivity contribution in [2.24, 2.45) is 4.99 Å². The Kier molecular flexibility index (Phi) is 5.65. The Morgan fingerprint density at radius 3 is 2.70 bits per heavy atom. The van der Waals surface area contributed by atoms with Crippen LogP contribution in [0, 0.1) is 6.92 Å². The van der Waals surface area contributed by atoms with Gasteiger partial charge in [0, 0.05) is 6.20 Å². The summed E-state index contributed by atoms with van der Waals surface area (Å²) < 4.78 is 11.0. The Bertz CT molecular complexity index is 855. The molecule has 3 rings (SSSR count). The topological polar surface area (TPSA) is 51.1 Å². The van der Waals surface area contributed by atoms with Gasteiger partial charge in [0.25, 0.3) is 0 Å². The first-order valence-corrected chi connectivity index (χ1v) is 10.0. The van der Waals surface area contributed by atoms with Crippen molar-refractivity contribution in [2.45, 2.75) is 46.6 Å². The van der Waals surface area contributed by atoms with Crippen LogP contribution < -0.4 is 4.74 Å². The molecular formula is C21H26N2O3S. The number of carbonyl (C=O) groups excluding carboxylic acids is 1. The van der Waals surface area contributed by atoms with E-state index in [1.807, 2.05) is 25.5 Å². The lowest BCUT2D eigenvalue weighted by Crippen LogP contribution is -2.34. The molecule has 1 atom stereocenters. The number of hydrogen-bond donors (Lipinski definition) is 0. The minimum absolute atomic E-state index is 0.258. The second kappa shape index (κ2) is 7.80. The lowest BCUT2D eigenvalue weighted by atomic mass is 9.88. The molecule has 0 amide bonds. The number of fused-ring (bicyclic) bond motifs is 1. The van der Waals surface area contributed by atoms with E-state index in [9.17, 15) is 4.79 Å². The van der Waals surface area contributed by atoms with Gasteiger partial charge >= 0.3 is 5.97 Å². The molecule has 2 heterocycles. The van der Waals surface area contributed by atoms with Crippen LogP contribution in [-0.4, -0.2) is 29.8 Å². The molecule has 0 saturated carbocycles. The van der Waals surface area contributed by atoms with Crippen molar-refractivity contribution in [3.63, 3.8) is 0 Å². The summed E-state index contributed by atoms with van der Waals surface area (Å²) in [6.07, 6.45) is 1.98. The molecule has 0 aliphatic carbocycles. The van der Waals surface area contributed by atoms with E-state index in [2.05, 4.69) is 42.8 Å². The lowest BCUT2D eigenvalue weighted by Gasteiger charge is -2.34. The molecule has 0 aromatic heterocycles. The Hall–Kier alpha value is -2.21. The molecule has 0 N–H and O–H groups in total. The van der Waals surface area contributed by atoms with E-state index in [0.717, 1.165) is 27.6 Å². The zero-order chi connectivity index (χ0) is 19.7. The highest BCUT2D eigenvalue weighted by molar-refractivity contribution is 8.16. The Morgan fingerprint density at radius 1 is 1.33 bits per heavy atom. The molecule has 2 aliphatic rings. The molecular weight excluding hydrogens is 360 g/mol. The number of allylic oxidation sites excluding steroid dienone is 1. The highest BCUT2D eigenvalue weighted by Gasteiger charge is 2.38. The minimum Gasteiger partial charge on any atom is -0.496 e. The van der Waals surface area contributed by atoms with Crippen LogP contribution >= 0.6 is 11.8 Å². The van der Waals surface area contributed by atoms with Gasteiger partial charge in [-0.1, -0.05) is 25.6 Å². The molecule has 27 heavy (non-hydrogen) atoms. The van der Waals surface area contributed by atoms with Gasteiger partial charge in [-0.05, 0) is 60.9 Å². The fourth-order valence-electron chi connectivity index (χ4n) is 3.51. The number of aliphatic imine (C=N–C) groups is 1. The summed E-state index contributed by atoms with van der Waals surface area (Å²) in [6, 6.07) is 3.96. The van der Waals surface area contributed by atoms with E-state index in [1.54, 1.807) is 18.9 Å². The van der Waals surface area contributed by atoms with Crippen molar-refractivity contribution in [3.8, 4) is 5.75 Å². The van der Waals surface area contributed by atoms with Gasteiger partial charge in [0.2, 0.25) is 0 Å². The number of amidine groups is 1. The summed E-state index contributed by atoms with van der Waals surface area (Å²) in [5, 5.41) is 2.88. The SMILES string of the molecule is CCOC(=O)C1=C(C)N=C2SC=CN2C1c1cc(C(C)C)c(OC)cc1C. The van der Waals surface area contributed by atoms with Crippen molar-refractivity contribution in [2.75, 3.05) is 13.7 Å². The molecule has 5 nitrogen and oxygen atoms in total. The second-order valence-electron chi connectivity index (χ2n) is 6.93. The summed E-state index contributed by atoms with van der Waals surface area (Å²) in [6.45, 7) is 10.4. The summed E-state index contributed by atoms with van der Waals surface area (Å²) in [5.74, 6) is 0.866. The summed E-state index contributed by atoms with van der Waals surface area (Å²) in [4.78, 5) is 19.5. The Morgan fingerprint density at radius 2 is 2.07 bits per heavy atom. The van der Waals surface area contributed by atoms with Gasteiger partial charge in [0.05, 0.1) is 31.0 Å². The smallest absolute Gasteiger partial charge is 0.338 e. The summed E-state index contributed by atoms with van der Waals surface area (Å²) >= 11 is 1.56. The van der Waals surface area contributed by atoms with E-state index in [1.165, 1.54) is 0 Å². The zero-order valence-electron chi connectivity index (χ0n) is 16.7. The maximum atomic E-state index is 12.8. The van der Waals surface area contributed by atoms with Crippen molar-refractivity contribution >= 4 is 22.9 Å². The number of carbonyl (C=O) groups is 1. The van der Waals surface area contributed by atoms with Gasteiger partial charge in [-0.15, -0.1) is 0 Å². The number of thioether (sulfide) groups is 1. The zero-order valence-corrected chi connectivity index (χ0v) is 17.5. The predicted molar refractivity (Wildman–Crippen MR) is 110 cm³/mol. The first-order valence-electron chi connectivity index (χ1n) is 9.15. The van der Waals surface area contributed by atoms with Gasteiger partial charge in [-0.3, -0.25) is 0 Å². The molecule has 6 heteroatoms. The van der Waals surface area contributed by atoms with Crippen molar-refractivity contribution in [1.82, 2.24) is 4.90 Å². The molecule has 2 aliphatic heterocycles. The molecule has 0 saturated heterocycles. The van der Waals surface area contributed by atoms with Crippen molar-refractivity contribution < 1.29 is 14.3 Å². The van der Waals surface area contributed by atoms with Crippen LogP contribution in [0.2, 0.25) is 0 Å². The monoisotopic (exact) mass is 386 g/mol. The van der Waals surface area contributed by atoms with Crippen LogP contribution in [0.15, 0.2) is 40.0 Å². The summed E-state index contributed by atoms with van der Waals surface area (Å²) in [5.41, 5.74) is 4.57. The molecule has 1 aromatic rings. The van der Waals surface area contributed by atoms with Gasteiger partial charge in [0.1, 0.15) is 5.75 Å². The summed E-state index contributed by atoms with van der Waals surface area (Å²) in [7, 11) is 1.69. The van der Waals surface area contributed by atoms with Crippen LogP contribution in [-0.2, 0) is 9.53 Å². The average Bonchev–Trinajstić information content (AvgIpc) is 3.08. The number of esters is 1. The number of benzene rings is 1. The molecule has 0 spiro atoms. The first-order chi connectivity index (χ1) is 12.9. The van der Waals surface area contributed by atoms with Crippen LogP contribution in [0.5, 0.6) is 5.75 Å². The van der Waals surface area contributed by atoms with Crippen LogP contribution in [0.1, 0.15) is 56.3 Å². The quantitative estimate of drug-likeness (QED) is 0.674. The van der Waals surface area contributed by atoms with Crippen LogP contribution in [0.4, 0.5) is 0 Å². The van der Waals surface area contributed by atoms with Crippen molar-refractivity contribution in [1.29, 1.82) is 0 Å². The van der Waals surface area contributed by atoms with E-state index in [4.69, 9.17) is 9.47 Å². The fraction of sp³-hybridized carbons (Fsp3) is 0.429. The maximum absolute atomic E-state index is 12.8. The number of nitrogens with zero attached hydrogens (tertiary/aromatic N) is 2. The Labute approximate surface area is 165 Å². The number of hydrogen-bond acceptors (Lipinski definition) is 6. The molecule has 1 aromatic carbocycles. The van der Waals surface area contributed by atoms with Gasteiger partial charge in [-0.25, -0.2) is 9.79 Å². The molecule has 0 bridgehead atoms. The van der Waals surface area contributed by atoms with E-state index in [0.29, 0.717) is 23.8 Å². The number of rotatable bonds is 5. The number of ether oxygens (including phenoxy) is 2. The highest BCUT2D eigenvalue weighted by atomic mass is 32.2. The normalized spacial score (nSPS) is 18.7. The third-order valence-corrected chi connectivity index (χ3v) is 5.62. The van der Waals surface area contributed by atoms with Gasteiger partial charge in [0.15, 0.2) is 5.17 Å². The second-order valence-corrected chi connectivity index (χ2v) is 7.81. The Balaban J connectivity index is 2.20. The molecule has 0 radical (unpaired) electrons. The van der Waals surface area contributed by atoms with Crippen LogP contribution in [0.3, 0.4) is 0 Å². The predicted octanol–water partition coefficient (Wildman–Crippen LogP) is 4.89. The average molecular weight is 387 g/mol. The molecule has 0 fully saturated rings. The van der Waals surface area contributed by atoms with E-state index >= 15 is 0 Å². The van der Waals surface area contributed by atoms with E-state index in [-0.39, 0.29) is 12.0 Å². The van der Waals surface area contributed by atoms with Gasteiger partial charge < -0.3 is 14.4 Å². The van der Waals surface area contributed by atoms with E-state index < -0.39 is 0 Å². The fourth-order valence-corrected chi connectivity index (χ4v) is 4.31. The van der Waals surface area contributed by atoms with Crippen LogP contribution in [0.25, 0.3) is 0 Å². The first kappa shape index (κ1) is 19.5. The number of methoxy groups -OCH3 is 1. The number of aryl methyl sites for hydroxylation is 1. The van der Waals surface area contributed by atoms with Crippen molar-refractivity contribution in [3.05, 3.63) is 51.7 Å².